The molecular formula is C23H25N5O3. The van der Waals surface area contributed by atoms with E-state index in [0.29, 0.717) is 22.9 Å². The van der Waals surface area contributed by atoms with Crippen molar-refractivity contribution in [1.29, 1.82) is 0 Å². The zero-order chi connectivity index (χ0) is 22.1. The van der Waals surface area contributed by atoms with Gasteiger partial charge in [0.25, 0.3) is 0 Å². The van der Waals surface area contributed by atoms with Gasteiger partial charge < -0.3 is 9.84 Å². The van der Waals surface area contributed by atoms with Crippen LogP contribution >= 0.6 is 0 Å². The predicted molar refractivity (Wildman–Crippen MR) is 119 cm³/mol. The summed E-state index contributed by atoms with van der Waals surface area (Å²) in [5.74, 6) is 0.636. The van der Waals surface area contributed by atoms with Gasteiger partial charge in [0.1, 0.15) is 6.54 Å². The molecule has 0 aliphatic carbocycles. The predicted octanol–water partition coefficient (Wildman–Crippen LogP) is 3.94. The summed E-state index contributed by atoms with van der Waals surface area (Å²) in [6, 6.07) is 13.2. The van der Waals surface area contributed by atoms with Crippen LogP contribution in [-0.4, -0.2) is 25.2 Å². The highest BCUT2D eigenvalue weighted by molar-refractivity contribution is 5.92. The Balaban J connectivity index is 1.73. The molecule has 2 heterocycles. The number of hydrogen-bond donors (Lipinski definition) is 1. The molecule has 0 radical (unpaired) electrons. The first-order valence-corrected chi connectivity index (χ1v) is 10.3. The van der Waals surface area contributed by atoms with Gasteiger partial charge in [-0.2, -0.15) is 4.98 Å². The molecule has 0 unspecified atom stereocenters. The molecule has 1 N–H and O–H groups in total. The summed E-state index contributed by atoms with van der Waals surface area (Å²) in [5.41, 5.74) is 3.74. The van der Waals surface area contributed by atoms with E-state index in [1.54, 1.807) is 11.5 Å². The molecule has 0 saturated carbocycles. The molecule has 0 aliphatic rings. The third-order valence-electron chi connectivity index (χ3n) is 5.19. The van der Waals surface area contributed by atoms with Crippen molar-refractivity contribution in [3.8, 4) is 11.4 Å². The summed E-state index contributed by atoms with van der Waals surface area (Å²) in [6.45, 7) is 7.57. The molecule has 31 heavy (non-hydrogen) atoms. The first-order valence-electron chi connectivity index (χ1n) is 10.3. The Hall–Kier alpha value is -3.68. The zero-order valence-corrected chi connectivity index (χ0v) is 18.0. The Morgan fingerprint density at radius 2 is 1.97 bits per heavy atom. The highest BCUT2D eigenvalue weighted by Gasteiger charge is 2.19. The van der Waals surface area contributed by atoms with Gasteiger partial charge in [-0.05, 0) is 56.2 Å². The summed E-state index contributed by atoms with van der Waals surface area (Å²) in [6.07, 6.45) is 0.878. The minimum absolute atomic E-state index is 0.0567. The van der Waals surface area contributed by atoms with Gasteiger partial charge in [-0.3, -0.25) is 13.9 Å². The molecule has 4 rings (SSSR count). The van der Waals surface area contributed by atoms with Crippen LogP contribution in [-0.2, 0) is 17.8 Å². The number of aromatic nitrogens is 4. The van der Waals surface area contributed by atoms with E-state index in [4.69, 9.17) is 4.52 Å². The third kappa shape index (κ3) is 4.01. The Kier molecular flexibility index (Phi) is 5.46. The number of rotatable bonds is 6. The Bertz CT molecular complexity index is 1310. The third-order valence-corrected chi connectivity index (χ3v) is 5.19. The second-order valence-electron chi connectivity index (χ2n) is 7.78. The van der Waals surface area contributed by atoms with Crippen molar-refractivity contribution in [3.05, 3.63) is 64.4 Å². The summed E-state index contributed by atoms with van der Waals surface area (Å²) < 4.78 is 8.26. The normalized spacial score (nSPS) is 11.4. The van der Waals surface area contributed by atoms with Crippen LogP contribution in [0.3, 0.4) is 0 Å². The van der Waals surface area contributed by atoms with Gasteiger partial charge in [0.15, 0.2) is 0 Å². The molecule has 0 saturated heterocycles. The monoisotopic (exact) mass is 419 g/mol. The maximum absolute atomic E-state index is 13.2. The number of amides is 1. The van der Waals surface area contributed by atoms with Gasteiger partial charge in [-0.15, -0.1) is 0 Å². The van der Waals surface area contributed by atoms with Gasteiger partial charge in [0.05, 0.1) is 11.0 Å². The largest absolute Gasteiger partial charge is 0.339 e. The minimum atomic E-state index is -0.265. The Morgan fingerprint density at radius 1 is 1.16 bits per heavy atom. The van der Waals surface area contributed by atoms with Crippen molar-refractivity contribution in [3.63, 3.8) is 0 Å². The van der Waals surface area contributed by atoms with Gasteiger partial charge in [-0.25, -0.2) is 4.79 Å². The van der Waals surface area contributed by atoms with Crippen molar-refractivity contribution in [2.75, 3.05) is 5.32 Å². The van der Waals surface area contributed by atoms with Gasteiger partial charge in [0, 0.05) is 24.2 Å². The van der Waals surface area contributed by atoms with Crippen molar-refractivity contribution in [1.82, 2.24) is 19.3 Å². The van der Waals surface area contributed by atoms with E-state index in [1.807, 2.05) is 56.3 Å². The number of nitrogens with one attached hydrogen (secondary N) is 1. The van der Waals surface area contributed by atoms with Crippen LogP contribution in [0.2, 0.25) is 0 Å². The maximum Gasteiger partial charge on any atom is 0.329 e. The van der Waals surface area contributed by atoms with Gasteiger partial charge in [-0.1, -0.05) is 24.2 Å². The van der Waals surface area contributed by atoms with Crippen LogP contribution in [0.5, 0.6) is 0 Å². The van der Waals surface area contributed by atoms with Gasteiger partial charge in [0.2, 0.25) is 17.6 Å². The smallest absolute Gasteiger partial charge is 0.329 e. The van der Waals surface area contributed by atoms with E-state index in [0.717, 1.165) is 23.1 Å². The maximum atomic E-state index is 13.2. The number of aryl methyl sites for hydroxylation is 2. The van der Waals surface area contributed by atoms with Crippen LogP contribution < -0.4 is 11.0 Å². The number of hydrogen-bond acceptors (Lipinski definition) is 5. The van der Waals surface area contributed by atoms with Crippen molar-refractivity contribution < 1.29 is 9.32 Å². The van der Waals surface area contributed by atoms with E-state index in [-0.39, 0.29) is 24.2 Å². The average molecular weight is 419 g/mol. The fourth-order valence-corrected chi connectivity index (χ4v) is 3.70. The SMILES string of the molecule is CCc1cccc(NC(=O)Cn2c(=O)n(C(C)C)c3ccc(-c4noc(C)n4)cc32)c1. The molecule has 8 heteroatoms. The lowest BCUT2D eigenvalue weighted by Gasteiger charge is -2.08. The zero-order valence-electron chi connectivity index (χ0n) is 18.0. The molecule has 0 atom stereocenters. The first-order chi connectivity index (χ1) is 14.9. The highest BCUT2D eigenvalue weighted by Crippen LogP contribution is 2.24. The molecule has 0 fully saturated rings. The molecule has 2 aromatic carbocycles. The highest BCUT2D eigenvalue weighted by atomic mass is 16.5. The Morgan fingerprint density at radius 3 is 2.65 bits per heavy atom. The Labute approximate surface area is 179 Å². The van der Waals surface area contributed by atoms with Crippen molar-refractivity contribution in [2.24, 2.45) is 0 Å². The van der Waals surface area contributed by atoms with E-state index in [2.05, 4.69) is 22.4 Å². The van der Waals surface area contributed by atoms with E-state index < -0.39 is 0 Å². The number of carbonyl (C=O) groups is 1. The second kappa shape index (κ2) is 8.22. The fraction of sp³-hybridized carbons (Fsp3) is 0.304. The number of fused-ring (bicyclic) bond motifs is 1. The van der Waals surface area contributed by atoms with Crippen LogP contribution in [0.15, 0.2) is 51.8 Å². The van der Waals surface area contributed by atoms with Gasteiger partial charge >= 0.3 is 5.69 Å². The number of nitrogens with zero attached hydrogens (tertiary/aromatic N) is 4. The molecule has 1 amide bonds. The molecular weight excluding hydrogens is 394 g/mol. The van der Waals surface area contributed by atoms with Crippen LogP contribution in [0.1, 0.15) is 38.3 Å². The standard InChI is InChI=1S/C23H25N5O3/c1-5-16-7-6-8-18(11-16)25-21(29)13-27-20-12-17(22-24-15(4)31-26-22)9-10-19(20)28(14(2)3)23(27)30/h6-12,14H,5,13H2,1-4H3,(H,25,29). The number of carbonyl (C=O) groups excluding carboxylic acids is 1. The quantitative estimate of drug-likeness (QED) is 0.511. The summed E-state index contributed by atoms with van der Waals surface area (Å²) in [4.78, 5) is 30.2. The summed E-state index contributed by atoms with van der Waals surface area (Å²) in [5, 5.41) is 6.86. The van der Waals surface area contributed by atoms with E-state index in [9.17, 15) is 9.59 Å². The summed E-state index contributed by atoms with van der Waals surface area (Å²) >= 11 is 0. The topological polar surface area (TPSA) is 95.0 Å². The van der Waals surface area contributed by atoms with Crippen LogP contribution in [0.25, 0.3) is 22.4 Å². The van der Waals surface area contributed by atoms with Crippen molar-refractivity contribution in [2.45, 2.75) is 46.7 Å². The van der Waals surface area contributed by atoms with Crippen molar-refractivity contribution >= 4 is 22.6 Å². The molecule has 0 aliphatic heterocycles. The lowest BCUT2D eigenvalue weighted by Crippen LogP contribution is -2.30. The number of benzene rings is 2. The molecule has 0 bridgehead atoms. The molecule has 4 aromatic rings. The molecule has 160 valence electrons. The van der Waals surface area contributed by atoms with Crippen LogP contribution in [0.4, 0.5) is 5.69 Å². The van der Waals surface area contributed by atoms with E-state index >= 15 is 0 Å². The first kappa shape index (κ1) is 20.6. The minimum Gasteiger partial charge on any atom is -0.339 e. The molecule has 0 spiro atoms. The second-order valence-corrected chi connectivity index (χ2v) is 7.78. The van der Waals surface area contributed by atoms with E-state index in [1.165, 1.54) is 4.57 Å². The summed E-state index contributed by atoms with van der Waals surface area (Å²) in [7, 11) is 0. The molecule has 8 nitrogen and oxygen atoms in total. The fourth-order valence-electron chi connectivity index (χ4n) is 3.70. The lowest BCUT2D eigenvalue weighted by molar-refractivity contribution is -0.116. The average Bonchev–Trinajstić information content (AvgIpc) is 3.29. The number of anilines is 1. The lowest BCUT2D eigenvalue weighted by atomic mass is 10.1. The number of imidazole rings is 1. The van der Waals surface area contributed by atoms with Crippen LogP contribution in [0, 0.1) is 6.92 Å². The molecule has 2 aromatic heterocycles.